The number of fused-ring (bicyclic) bond motifs is 10. The Balaban J connectivity index is 1.14. The van der Waals surface area contributed by atoms with E-state index in [1.807, 2.05) is 24.3 Å². The maximum absolute atomic E-state index is 10.1. The summed E-state index contributed by atoms with van der Waals surface area (Å²) in [5.74, 6) is 0. The van der Waals surface area contributed by atoms with Crippen molar-refractivity contribution in [3.8, 4) is 55.9 Å². The second-order valence-electron chi connectivity index (χ2n) is 41.6. The summed E-state index contributed by atoms with van der Waals surface area (Å²) in [6.45, 7) is 46.7. The molecule has 13 aromatic carbocycles. The number of rotatable bonds is 14. The van der Waals surface area contributed by atoms with Crippen LogP contribution in [-0.4, -0.2) is 15.8 Å². The Bertz CT molecular complexity index is 6670. The van der Waals surface area contributed by atoms with Crippen LogP contribution in [0.25, 0.3) is 99.5 Å². The molecule has 0 N–H and O–H groups in total. The van der Waals surface area contributed by atoms with Gasteiger partial charge in [-0.05, 0) is 239 Å². The lowest BCUT2D eigenvalue weighted by atomic mass is 9.33. The van der Waals surface area contributed by atoms with Crippen molar-refractivity contribution in [2.24, 2.45) is 32.5 Å². The van der Waals surface area contributed by atoms with Crippen LogP contribution >= 0.6 is 0 Å². The van der Waals surface area contributed by atoms with Crippen LogP contribution in [0.15, 0.2) is 267 Å². The third-order valence-corrected chi connectivity index (χ3v) is 22.6. The Morgan fingerprint density at radius 2 is 0.538 bits per heavy atom. The van der Waals surface area contributed by atoms with E-state index < -0.39 is 109 Å². The van der Waals surface area contributed by atoms with Gasteiger partial charge in [0.05, 0.1) is 55.4 Å². The predicted molar refractivity (Wildman–Crippen MR) is 509 cm³/mol. The van der Waals surface area contributed by atoms with E-state index in [0.717, 1.165) is 148 Å². The second-order valence-corrected chi connectivity index (χ2v) is 41.6. The molecule has 2 aliphatic heterocycles. The molecule has 0 atom stereocenters. The van der Waals surface area contributed by atoms with Crippen molar-refractivity contribution >= 4 is 101 Å². The maximum atomic E-state index is 10.1. The highest BCUT2D eigenvalue weighted by Crippen LogP contribution is 2.56. The molecular weight excluding hydrogens is 1410 g/mol. The Morgan fingerprint density at radius 3 is 0.803 bits per heavy atom. The van der Waals surface area contributed by atoms with E-state index in [1.165, 1.54) is 0 Å². The molecule has 0 fully saturated rings. The molecule has 4 heterocycles. The van der Waals surface area contributed by atoms with E-state index in [9.17, 15) is 21.9 Å². The molecule has 5 heteroatoms. The highest BCUT2D eigenvalue weighted by atomic mass is 15.2. The fraction of sp³-hybridized carbons (Fsp3) is 0.304. The third-order valence-electron chi connectivity index (χ3n) is 22.6. The van der Waals surface area contributed by atoms with Crippen LogP contribution in [-0.2, 0) is 43.9 Å². The number of aromatic nitrogens is 2. The van der Waals surface area contributed by atoms with E-state index in [1.54, 1.807) is 9.13 Å². The number of hydrogen-bond acceptors (Lipinski definition) is 2. The zero-order valence-corrected chi connectivity index (χ0v) is 72.3. The molecule has 590 valence electrons. The van der Waals surface area contributed by atoms with Crippen molar-refractivity contribution in [2.75, 3.05) is 9.80 Å². The first-order chi connectivity index (χ1) is 62.0. The van der Waals surface area contributed by atoms with Gasteiger partial charge in [0.1, 0.15) is 0 Å². The molecule has 0 amide bonds. The number of hydrogen-bond donors (Lipinski definition) is 0. The molecule has 117 heavy (non-hydrogen) atoms. The monoisotopic (exact) mass is 1550 g/mol. The lowest BCUT2D eigenvalue weighted by molar-refractivity contribution is 0.410. The van der Waals surface area contributed by atoms with Gasteiger partial charge < -0.3 is 18.9 Å². The first-order valence-corrected chi connectivity index (χ1v) is 41.8. The molecule has 0 bridgehead atoms. The molecule has 2 aliphatic rings. The lowest BCUT2D eigenvalue weighted by Gasteiger charge is -2.46. The molecule has 15 aromatic rings. The van der Waals surface area contributed by atoms with Crippen molar-refractivity contribution in [1.82, 2.24) is 9.13 Å². The fourth-order valence-corrected chi connectivity index (χ4v) is 18.5. The van der Waals surface area contributed by atoms with Crippen LogP contribution in [0.5, 0.6) is 0 Å². The van der Waals surface area contributed by atoms with E-state index in [2.05, 4.69) is 301 Å². The zero-order chi connectivity index (χ0) is 96.3. The summed E-state index contributed by atoms with van der Waals surface area (Å²) >= 11 is 0. The van der Waals surface area contributed by atoms with Crippen molar-refractivity contribution < 1.29 is 21.9 Å². The van der Waals surface area contributed by atoms with Crippen molar-refractivity contribution in [3.63, 3.8) is 0 Å². The number of nitrogens with zero attached hydrogens (tertiary/aromatic N) is 4. The summed E-state index contributed by atoms with van der Waals surface area (Å²) < 4.78 is 158. The van der Waals surface area contributed by atoms with Crippen LogP contribution in [0.1, 0.15) is 206 Å². The van der Waals surface area contributed by atoms with Gasteiger partial charge in [-0.1, -0.05) is 327 Å². The predicted octanol–water partition coefficient (Wildman–Crippen LogP) is 29.5. The van der Waals surface area contributed by atoms with E-state index in [-0.39, 0.29) is 76.1 Å². The van der Waals surface area contributed by atoms with Gasteiger partial charge in [0.15, 0.2) is 0 Å². The fourth-order valence-electron chi connectivity index (χ4n) is 18.5. The minimum absolute atomic E-state index is 0.0359. The summed E-state index contributed by atoms with van der Waals surface area (Å²) in [4.78, 5) is 4.88. The molecule has 4 nitrogen and oxygen atoms in total. The zero-order valence-electron chi connectivity index (χ0n) is 88.3. The quantitative estimate of drug-likeness (QED) is 0.101. The SMILES string of the molecule is [2H]c1c([2H])c([2H])c2c(c1[2H])c1c([2H])c([2H])c([2H])c([2H])c1n2-c1ccc2c(c1)N(c1c(-c3cccc(CC(C)(C)C)c3)cc(CC(C)(C)C)cc1-c1cccc(CC(C)(C)C)c1)c1cc(C(C)(C)C)cc3c1B2c1ccc(-n2c4c([2H])c([2H])c([2H])c([2H])c4c4c([2H])c([2H])c([2H])c([2H])c42)cc1N3c1c(-c2cccc(CC(C)(C)C)c2)cc(CC(C)(C)C)cc1-c1cccc(CC(C)(C)C)c1. The Morgan fingerprint density at radius 1 is 0.274 bits per heavy atom. The van der Waals surface area contributed by atoms with Gasteiger partial charge in [0.25, 0.3) is 6.71 Å². The highest BCUT2D eigenvalue weighted by Gasteiger charge is 2.47. The maximum Gasteiger partial charge on any atom is 0.252 e. The van der Waals surface area contributed by atoms with Crippen LogP contribution in [0.2, 0.25) is 0 Å². The van der Waals surface area contributed by atoms with Crippen molar-refractivity contribution in [3.05, 3.63) is 305 Å². The number of anilines is 6. The summed E-state index contributed by atoms with van der Waals surface area (Å²) in [7, 11) is 0. The van der Waals surface area contributed by atoms with Crippen LogP contribution in [0.3, 0.4) is 0 Å². The standard InChI is InChI=1S/C112H119BN4/c1-106(2,3)66-72-34-30-38-78(54-72)89-58-76(70-110(13,14)15)59-90(79-39-31-35-73(55-79)67-107(4,5)6)104(89)116-99-64-83(114-95-46-26-22-42-85(95)86-43-23-27-47-96(86)114)50-52-93(99)113-94-53-51-84(115-97-48-28-24-44-87(97)88-45-25-29-49-98(88)115)65-100(94)117(102-63-82(112(19,20)21)62-101(116)103(102)113)105-91(80-40-32-36-74(56-80)68-108(7,8)9)60-77(71-111(16,17)18)61-92(105)81-41-33-37-75(57-81)69-109(10,11)12/h22-65H,66-71H2,1-21H3/i22D,23D,24D,25D,26D,27D,28D,29D,42D,43D,44D,45D,46D,47D,48D,49D. The normalized spacial score (nSPS) is 15.4. The van der Waals surface area contributed by atoms with Gasteiger partial charge in [0, 0.05) is 77.9 Å². The minimum atomic E-state index is -0.783. The van der Waals surface area contributed by atoms with Gasteiger partial charge in [-0.15, -0.1) is 0 Å². The lowest BCUT2D eigenvalue weighted by Crippen LogP contribution is -2.61. The first-order valence-electron chi connectivity index (χ1n) is 49.8. The molecule has 17 rings (SSSR count). The molecule has 2 aromatic heterocycles. The topological polar surface area (TPSA) is 16.3 Å². The number of para-hydroxylation sites is 4. The smallest absolute Gasteiger partial charge is 0.252 e. The number of benzene rings is 13. The van der Waals surface area contributed by atoms with E-state index in [0.29, 0.717) is 35.6 Å². The molecule has 0 aliphatic carbocycles. The van der Waals surface area contributed by atoms with Crippen molar-refractivity contribution in [1.29, 1.82) is 0 Å². The molecule has 0 spiro atoms. The molecule has 0 unspecified atom stereocenters. The summed E-state index contributed by atoms with van der Waals surface area (Å²) in [5, 5.41) is -0.240. The van der Waals surface area contributed by atoms with E-state index >= 15 is 0 Å². The van der Waals surface area contributed by atoms with Gasteiger partial charge >= 0.3 is 0 Å². The van der Waals surface area contributed by atoms with E-state index in [4.69, 9.17) is 0 Å². The summed E-state index contributed by atoms with van der Waals surface area (Å²) in [6.07, 6.45) is 4.40. The first kappa shape index (κ1) is 61.5. The molecule has 0 radical (unpaired) electrons. The highest BCUT2D eigenvalue weighted by molar-refractivity contribution is 7.00. The molecular formula is C112H119BN4. The Kier molecular flexibility index (Phi) is 15.3. The third kappa shape index (κ3) is 15.7. The summed E-state index contributed by atoms with van der Waals surface area (Å²) in [5.41, 5.74) is 21.0. The average molecular weight is 1550 g/mol. The van der Waals surface area contributed by atoms with Crippen molar-refractivity contribution in [2.45, 2.75) is 189 Å². The summed E-state index contributed by atoms with van der Waals surface area (Å²) in [6, 6.07) is 54.1. The molecule has 0 saturated carbocycles. The minimum Gasteiger partial charge on any atom is -0.310 e. The molecule has 0 saturated heterocycles. The average Bonchev–Trinajstić information content (AvgIpc) is 1.63. The van der Waals surface area contributed by atoms with Gasteiger partial charge in [-0.2, -0.15) is 0 Å². The second kappa shape index (κ2) is 29.0. The Hall–Kier alpha value is -10.9. The van der Waals surface area contributed by atoms with Gasteiger partial charge in [0.2, 0.25) is 0 Å². The van der Waals surface area contributed by atoms with Gasteiger partial charge in [-0.25, -0.2) is 0 Å². The van der Waals surface area contributed by atoms with Crippen LogP contribution in [0, 0.1) is 32.5 Å². The van der Waals surface area contributed by atoms with Crippen LogP contribution in [0.4, 0.5) is 34.1 Å². The van der Waals surface area contributed by atoms with Gasteiger partial charge in [-0.3, -0.25) is 0 Å². The van der Waals surface area contributed by atoms with Crippen LogP contribution < -0.4 is 26.2 Å². The largest absolute Gasteiger partial charge is 0.310 e. The Labute approximate surface area is 721 Å².